The largest absolute Gasteiger partial charge is 0.352 e. The predicted octanol–water partition coefficient (Wildman–Crippen LogP) is 3.71. The minimum Gasteiger partial charge on any atom is -0.352 e. The summed E-state index contributed by atoms with van der Waals surface area (Å²) in [6.07, 6.45) is 2.54. The van der Waals surface area contributed by atoms with Gasteiger partial charge >= 0.3 is 0 Å². The molecule has 0 unspecified atom stereocenters. The summed E-state index contributed by atoms with van der Waals surface area (Å²) in [5.74, 6) is -0.414. The molecule has 0 radical (unpaired) electrons. The molecule has 146 valence electrons. The molecule has 7 heteroatoms. The molecule has 3 rings (SSSR count). The van der Waals surface area contributed by atoms with Crippen LogP contribution < -0.4 is 10.6 Å². The average Bonchev–Trinajstić information content (AvgIpc) is 3.09. The van der Waals surface area contributed by atoms with Crippen molar-refractivity contribution < 1.29 is 9.59 Å². The summed E-state index contributed by atoms with van der Waals surface area (Å²) in [6, 6.07) is 8.80. The molecule has 0 aliphatic heterocycles. The van der Waals surface area contributed by atoms with Crippen molar-refractivity contribution in [1.29, 1.82) is 0 Å². The number of hydrogen-bond donors (Lipinski definition) is 2. The number of anilines is 1. The Morgan fingerprint density at radius 1 is 1.18 bits per heavy atom. The van der Waals surface area contributed by atoms with E-state index in [-0.39, 0.29) is 17.9 Å². The number of rotatable bonds is 6. The molecule has 0 saturated heterocycles. The second-order valence-electron chi connectivity index (χ2n) is 7.02. The summed E-state index contributed by atoms with van der Waals surface area (Å²) >= 11 is 0. The lowest BCUT2D eigenvalue weighted by molar-refractivity contribution is 0.0952. The van der Waals surface area contributed by atoms with Gasteiger partial charge in [0.15, 0.2) is 5.65 Å². The third kappa shape index (κ3) is 4.03. The van der Waals surface area contributed by atoms with Gasteiger partial charge in [0.2, 0.25) is 0 Å². The summed E-state index contributed by atoms with van der Waals surface area (Å²) < 4.78 is 1.80. The average molecular weight is 379 g/mol. The van der Waals surface area contributed by atoms with Crippen LogP contribution in [0.4, 0.5) is 5.69 Å². The van der Waals surface area contributed by atoms with Crippen molar-refractivity contribution in [2.24, 2.45) is 0 Å². The number of nitrogens with zero attached hydrogens (tertiary/aromatic N) is 3. The lowest BCUT2D eigenvalue weighted by atomic mass is 10.1. The van der Waals surface area contributed by atoms with Crippen LogP contribution in [0.3, 0.4) is 0 Å². The first-order valence-corrected chi connectivity index (χ1v) is 9.45. The Balaban J connectivity index is 1.89. The molecule has 2 aromatic heterocycles. The predicted molar refractivity (Wildman–Crippen MR) is 110 cm³/mol. The van der Waals surface area contributed by atoms with Gasteiger partial charge in [-0.15, -0.1) is 0 Å². The highest BCUT2D eigenvalue weighted by atomic mass is 16.2. The second kappa shape index (κ2) is 8.21. The summed E-state index contributed by atoms with van der Waals surface area (Å²) in [5, 5.41) is 10.8. The van der Waals surface area contributed by atoms with Crippen molar-refractivity contribution >= 4 is 28.5 Å². The highest BCUT2D eigenvalue weighted by molar-refractivity contribution is 6.12. The fourth-order valence-electron chi connectivity index (χ4n) is 2.99. The van der Waals surface area contributed by atoms with Crippen molar-refractivity contribution in [3.63, 3.8) is 0 Å². The molecule has 7 nitrogen and oxygen atoms in total. The van der Waals surface area contributed by atoms with Crippen LogP contribution >= 0.6 is 0 Å². The summed E-state index contributed by atoms with van der Waals surface area (Å²) in [6.45, 7) is 8.50. The first kappa shape index (κ1) is 19.5. The SMILES string of the molecule is CCCNC(=O)c1cccc(NC(=O)c2cc(C)nc3c2cnn3C(C)C)c1. The molecule has 2 amide bonds. The molecule has 0 saturated carbocycles. The fourth-order valence-corrected chi connectivity index (χ4v) is 2.99. The van der Waals surface area contributed by atoms with Gasteiger partial charge in [-0.3, -0.25) is 9.59 Å². The van der Waals surface area contributed by atoms with Crippen LogP contribution in [0, 0.1) is 6.92 Å². The van der Waals surface area contributed by atoms with Gasteiger partial charge in [-0.25, -0.2) is 9.67 Å². The minimum atomic E-state index is -0.259. The number of pyridine rings is 1. The monoisotopic (exact) mass is 379 g/mol. The zero-order chi connectivity index (χ0) is 20.3. The molecule has 2 N–H and O–H groups in total. The van der Waals surface area contributed by atoms with Gasteiger partial charge < -0.3 is 10.6 Å². The van der Waals surface area contributed by atoms with E-state index in [1.807, 2.05) is 27.7 Å². The number of carbonyl (C=O) groups excluding carboxylic acids is 2. The molecule has 0 fully saturated rings. The van der Waals surface area contributed by atoms with E-state index in [9.17, 15) is 9.59 Å². The smallest absolute Gasteiger partial charge is 0.256 e. The van der Waals surface area contributed by atoms with E-state index in [1.165, 1.54) is 0 Å². The fraction of sp³-hybridized carbons (Fsp3) is 0.333. The van der Waals surface area contributed by atoms with E-state index in [0.717, 1.165) is 12.1 Å². The van der Waals surface area contributed by atoms with Gasteiger partial charge in [0.05, 0.1) is 17.1 Å². The van der Waals surface area contributed by atoms with Crippen LogP contribution in [-0.4, -0.2) is 33.1 Å². The lowest BCUT2D eigenvalue weighted by Crippen LogP contribution is -2.24. The number of hydrogen-bond acceptors (Lipinski definition) is 4. The Bertz CT molecular complexity index is 1020. The van der Waals surface area contributed by atoms with Crippen molar-refractivity contribution in [2.75, 3.05) is 11.9 Å². The molecule has 1 aromatic carbocycles. The molecule has 3 aromatic rings. The van der Waals surface area contributed by atoms with Crippen LogP contribution in [-0.2, 0) is 0 Å². The van der Waals surface area contributed by atoms with Crippen molar-refractivity contribution in [3.8, 4) is 0 Å². The van der Waals surface area contributed by atoms with Gasteiger partial charge in [0.1, 0.15) is 0 Å². The van der Waals surface area contributed by atoms with Crippen LogP contribution in [0.5, 0.6) is 0 Å². The van der Waals surface area contributed by atoms with Crippen molar-refractivity contribution in [2.45, 2.75) is 40.2 Å². The number of carbonyl (C=O) groups is 2. The lowest BCUT2D eigenvalue weighted by Gasteiger charge is -2.10. The number of benzene rings is 1. The summed E-state index contributed by atoms with van der Waals surface area (Å²) in [5.41, 5.74) is 3.01. The van der Waals surface area contributed by atoms with Gasteiger partial charge in [-0.1, -0.05) is 13.0 Å². The third-order valence-electron chi connectivity index (χ3n) is 4.35. The van der Waals surface area contributed by atoms with Gasteiger partial charge in [0.25, 0.3) is 11.8 Å². The molecule has 0 aliphatic rings. The maximum Gasteiger partial charge on any atom is 0.256 e. The van der Waals surface area contributed by atoms with Crippen LogP contribution in [0.25, 0.3) is 11.0 Å². The topological polar surface area (TPSA) is 88.9 Å². The first-order valence-electron chi connectivity index (χ1n) is 9.45. The Morgan fingerprint density at radius 3 is 2.68 bits per heavy atom. The maximum absolute atomic E-state index is 12.9. The van der Waals surface area contributed by atoms with E-state index in [2.05, 4.69) is 20.7 Å². The molecule has 0 bridgehead atoms. The number of amides is 2. The molecule has 0 aliphatic carbocycles. The summed E-state index contributed by atoms with van der Waals surface area (Å²) in [7, 11) is 0. The van der Waals surface area contributed by atoms with Crippen molar-refractivity contribution in [3.05, 3.63) is 53.3 Å². The maximum atomic E-state index is 12.9. The van der Waals surface area contributed by atoms with Crippen molar-refractivity contribution in [1.82, 2.24) is 20.1 Å². The second-order valence-corrected chi connectivity index (χ2v) is 7.02. The van der Waals surface area contributed by atoms with Gasteiger partial charge in [-0.2, -0.15) is 5.10 Å². The van der Waals surface area contributed by atoms with Crippen LogP contribution in [0.15, 0.2) is 36.5 Å². The standard InChI is InChI=1S/C21H25N5O2/c1-5-9-22-20(27)15-7-6-8-16(11-15)25-21(28)17-10-14(4)24-19-18(17)12-23-26(19)13(2)3/h6-8,10-13H,5,9H2,1-4H3,(H,22,27)(H,25,28). The normalized spacial score (nSPS) is 11.0. The van der Waals surface area contributed by atoms with Gasteiger partial charge in [0, 0.05) is 29.5 Å². The van der Waals surface area contributed by atoms with Crippen LogP contribution in [0.2, 0.25) is 0 Å². The van der Waals surface area contributed by atoms with E-state index in [0.29, 0.717) is 34.4 Å². The first-order chi connectivity index (χ1) is 13.4. The third-order valence-corrected chi connectivity index (χ3v) is 4.35. The Kier molecular flexibility index (Phi) is 5.73. The zero-order valence-corrected chi connectivity index (χ0v) is 16.6. The number of aryl methyl sites for hydroxylation is 1. The number of fused-ring (bicyclic) bond motifs is 1. The number of aromatic nitrogens is 3. The molecular formula is C21H25N5O2. The van der Waals surface area contributed by atoms with E-state index < -0.39 is 0 Å². The minimum absolute atomic E-state index is 0.140. The molecule has 0 spiro atoms. The highest BCUT2D eigenvalue weighted by Gasteiger charge is 2.17. The Morgan fingerprint density at radius 2 is 1.96 bits per heavy atom. The Labute approximate surface area is 164 Å². The van der Waals surface area contributed by atoms with E-state index >= 15 is 0 Å². The van der Waals surface area contributed by atoms with E-state index in [1.54, 1.807) is 41.2 Å². The quantitative estimate of drug-likeness (QED) is 0.683. The highest BCUT2D eigenvalue weighted by Crippen LogP contribution is 2.22. The molecule has 2 heterocycles. The Hall–Kier alpha value is -3.22. The number of nitrogens with one attached hydrogen (secondary N) is 2. The zero-order valence-electron chi connectivity index (χ0n) is 16.6. The molecule has 28 heavy (non-hydrogen) atoms. The summed E-state index contributed by atoms with van der Waals surface area (Å²) in [4.78, 5) is 29.6. The van der Waals surface area contributed by atoms with E-state index in [4.69, 9.17) is 0 Å². The molecule has 0 atom stereocenters. The molecular weight excluding hydrogens is 354 g/mol. The van der Waals surface area contributed by atoms with Gasteiger partial charge in [-0.05, 0) is 51.5 Å². The van der Waals surface area contributed by atoms with Crippen LogP contribution in [0.1, 0.15) is 59.6 Å².